The Morgan fingerprint density at radius 3 is 2.73 bits per heavy atom. The van der Waals surface area contributed by atoms with E-state index in [0.717, 1.165) is 10.6 Å². The van der Waals surface area contributed by atoms with E-state index >= 15 is 0 Å². The number of nitrogens with two attached hydrogens (primary N) is 1. The first kappa shape index (κ1) is 33.3. The second-order valence-corrected chi connectivity index (χ2v) is 12.7. The normalized spacial score (nSPS) is 28.3. The van der Waals surface area contributed by atoms with Crippen LogP contribution in [-0.4, -0.2) is 122 Å². The average molecular weight is 656 g/mol. The molecule has 2 aliphatic rings. The zero-order chi connectivity index (χ0) is 32.3. The lowest BCUT2D eigenvalue weighted by Crippen LogP contribution is -2.39. The van der Waals surface area contributed by atoms with Gasteiger partial charge in [-0.2, -0.15) is 0 Å². The molecule has 2 fully saturated rings. The maximum absolute atomic E-state index is 14.2. The Kier molecular flexibility index (Phi) is 10.4. The van der Waals surface area contributed by atoms with E-state index in [1.165, 1.54) is 26.0 Å². The van der Waals surface area contributed by atoms with Crippen molar-refractivity contribution in [3.05, 3.63) is 45.8 Å². The summed E-state index contributed by atoms with van der Waals surface area (Å²) >= 11 is 0. The van der Waals surface area contributed by atoms with E-state index in [0.29, 0.717) is 24.1 Å². The Hall–Kier alpha value is -3.10. The molecule has 0 saturated carbocycles. The van der Waals surface area contributed by atoms with E-state index < -0.39 is 75.2 Å². The minimum Gasteiger partial charge on any atom is -0.394 e. The number of hydrogen-bond donors (Lipinski definition) is 5. The quantitative estimate of drug-likeness (QED) is 0.0986. The van der Waals surface area contributed by atoms with E-state index in [1.807, 2.05) is 19.0 Å². The zero-order valence-electron chi connectivity index (χ0n) is 25.0. The third-order valence-electron chi connectivity index (χ3n) is 7.54. The highest BCUT2D eigenvalue weighted by Crippen LogP contribution is 2.49. The van der Waals surface area contributed by atoms with E-state index in [9.17, 15) is 24.4 Å². The maximum atomic E-state index is 14.2. The number of ether oxygens (including phenoxy) is 3. The predicted molar refractivity (Wildman–Crippen MR) is 157 cm³/mol. The summed E-state index contributed by atoms with van der Waals surface area (Å²) in [5.41, 5.74) is 5.36. The monoisotopic (exact) mass is 655 g/mol. The fourth-order valence-electron chi connectivity index (χ4n) is 5.26. The standard InChI is InChI=1S/C25H38N9O10P/c1-32(2)7-4-6-30-45(39,41-11-16-20(37)21(40-3)24(43-16)33-8-5-17(36)31-25(33)38)44-14-9-18(42-15(14)10-35)34-13-29-19-22(26)27-12-28-23(19)34/h5,8,12-16,18,20-21,24,35,37H,4,6-7,9-11H2,1-3H3,(H,30,39)(H2,26,27,28)(H,31,36,38)/t14?,15-,16-,18-,20?,21+,24-,45?/m1/s1. The van der Waals surface area contributed by atoms with Crippen LogP contribution in [-0.2, 0) is 27.8 Å². The molecule has 0 aliphatic carbocycles. The topological polar surface area (TPSA) is 243 Å². The summed E-state index contributed by atoms with van der Waals surface area (Å²) in [6.07, 6.45) is -2.21. The summed E-state index contributed by atoms with van der Waals surface area (Å²) < 4.78 is 46.0. The van der Waals surface area contributed by atoms with Gasteiger partial charge in [0.15, 0.2) is 17.7 Å². The van der Waals surface area contributed by atoms with Crippen LogP contribution in [0.5, 0.6) is 0 Å². The number of anilines is 1. The number of nitrogens with zero attached hydrogens (tertiary/aromatic N) is 6. The lowest BCUT2D eigenvalue weighted by atomic mass is 10.1. The molecule has 19 nitrogen and oxygen atoms in total. The highest BCUT2D eigenvalue weighted by Gasteiger charge is 2.47. The van der Waals surface area contributed by atoms with Crippen LogP contribution in [0.3, 0.4) is 0 Å². The molecule has 5 heterocycles. The Morgan fingerprint density at radius 2 is 2.02 bits per heavy atom. The van der Waals surface area contributed by atoms with E-state index in [2.05, 4.69) is 25.0 Å². The SMILES string of the molecule is CO[C@H]1C(O)[C@@H](COP(=O)(NCCCN(C)C)OC2C[C@H](n3cnc4c(N)ncnc43)O[C@@H]2CO)O[C@H]1n1ccc(=O)[nH]c1=O. The van der Waals surface area contributed by atoms with Gasteiger partial charge in [0.2, 0.25) is 0 Å². The van der Waals surface area contributed by atoms with Crippen molar-refractivity contribution in [2.45, 2.75) is 55.8 Å². The number of nitrogens with one attached hydrogen (secondary N) is 2. The molecule has 3 aromatic rings. The summed E-state index contributed by atoms with van der Waals surface area (Å²) in [6.45, 7) is 0.0791. The van der Waals surface area contributed by atoms with Crippen molar-refractivity contribution < 1.29 is 38.0 Å². The second kappa shape index (κ2) is 14.1. The molecular weight excluding hydrogens is 617 g/mol. The highest BCUT2D eigenvalue weighted by atomic mass is 31.2. The number of nitrogen functional groups attached to an aromatic ring is 1. The van der Waals surface area contributed by atoms with Gasteiger partial charge in [-0.1, -0.05) is 0 Å². The number of fused-ring (bicyclic) bond motifs is 1. The van der Waals surface area contributed by atoms with Gasteiger partial charge in [-0.15, -0.1) is 0 Å². The lowest BCUT2D eigenvalue weighted by Gasteiger charge is -2.26. The van der Waals surface area contributed by atoms with E-state index in [-0.39, 0.29) is 18.8 Å². The first-order valence-electron chi connectivity index (χ1n) is 14.2. The first-order valence-corrected chi connectivity index (χ1v) is 15.8. The lowest BCUT2D eigenvalue weighted by molar-refractivity contribution is -0.0634. The van der Waals surface area contributed by atoms with Crippen LogP contribution in [0, 0.1) is 0 Å². The van der Waals surface area contributed by atoms with Crippen molar-refractivity contribution in [2.24, 2.45) is 0 Å². The van der Waals surface area contributed by atoms with Crippen molar-refractivity contribution in [3.8, 4) is 0 Å². The largest absolute Gasteiger partial charge is 0.405 e. The molecule has 6 N–H and O–H groups in total. The number of H-pyrrole nitrogens is 1. The fraction of sp³-hybridized carbons (Fsp3) is 0.640. The van der Waals surface area contributed by atoms with Crippen LogP contribution in [0.1, 0.15) is 25.3 Å². The summed E-state index contributed by atoms with van der Waals surface area (Å²) in [5, 5.41) is 23.9. The van der Waals surface area contributed by atoms with Crippen molar-refractivity contribution in [1.82, 2.24) is 39.1 Å². The number of aliphatic hydroxyl groups is 2. The number of rotatable bonds is 14. The van der Waals surface area contributed by atoms with Gasteiger partial charge in [-0.05, 0) is 27.1 Å². The maximum Gasteiger partial charge on any atom is 0.405 e. The smallest absolute Gasteiger partial charge is 0.394 e. The second-order valence-electron chi connectivity index (χ2n) is 10.9. The van der Waals surface area contributed by atoms with Gasteiger partial charge in [-0.3, -0.25) is 28.0 Å². The number of imidazole rings is 1. The fourth-order valence-corrected chi connectivity index (χ4v) is 6.84. The molecule has 0 radical (unpaired) electrons. The third kappa shape index (κ3) is 7.33. The molecule has 20 heteroatoms. The third-order valence-corrected chi connectivity index (χ3v) is 9.19. The Bertz CT molecular complexity index is 1620. The molecule has 8 atom stereocenters. The summed E-state index contributed by atoms with van der Waals surface area (Å²) in [6, 6.07) is 1.14. The summed E-state index contributed by atoms with van der Waals surface area (Å²) in [5.74, 6) is 0.197. The van der Waals surface area contributed by atoms with Gasteiger partial charge in [-0.25, -0.2) is 29.4 Å². The summed E-state index contributed by atoms with van der Waals surface area (Å²) in [7, 11) is 1.01. The van der Waals surface area contributed by atoms with Crippen LogP contribution in [0.2, 0.25) is 0 Å². The first-order chi connectivity index (χ1) is 21.5. The summed E-state index contributed by atoms with van der Waals surface area (Å²) in [4.78, 5) is 40.5. The molecule has 0 aromatic carbocycles. The number of aromatic nitrogens is 6. The molecule has 5 rings (SSSR count). The minimum atomic E-state index is -4.13. The molecule has 0 bridgehead atoms. The van der Waals surface area contributed by atoms with Crippen LogP contribution in [0.4, 0.5) is 5.82 Å². The van der Waals surface area contributed by atoms with Crippen molar-refractivity contribution in [3.63, 3.8) is 0 Å². The van der Waals surface area contributed by atoms with Gasteiger partial charge >= 0.3 is 13.4 Å². The predicted octanol–water partition coefficient (Wildman–Crippen LogP) is -1.44. The van der Waals surface area contributed by atoms with Gasteiger partial charge in [0.05, 0.1) is 19.5 Å². The van der Waals surface area contributed by atoms with Crippen LogP contribution >= 0.6 is 7.75 Å². The van der Waals surface area contributed by atoms with Crippen molar-refractivity contribution in [1.29, 1.82) is 0 Å². The van der Waals surface area contributed by atoms with Crippen LogP contribution in [0.15, 0.2) is 34.5 Å². The molecule has 0 amide bonds. The molecule has 3 unspecified atom stereocenters. The molecule has 2 saturated heterocycles. The van der Waals surface area contributed by atoms with Crippen molar-refractivity contribution in [2.75, 3.05) is 53.2 Å². The molecular formula is C25H38N9O10P. The number of hydrogen-bond acceptors (Lipinski definition) is 15. The van der Waals surface area contributed by atoms with E-state index in [1.54, 1.807) is 4.57 Å². The average Bonchev–Trinajstić information content (AvgIpc) is 3.69. The van der Waals surface area contributed by atoms with Gasteiger partial charge in [0.1, 0.15) is 48.6 Å². The molecule has 2 aliphatic heterocycles. The Balaban J connectivity index is 1.32. The van der Waals surface area contributed by atoms with Crippen LogP contribution in [0.25, 0.3) is 11.2 Å². The van der Waals surface area contributed by atoms with Gasteiger partial charge in [0, 0.05) is 32.3 Å². The number of methoxy groups -OCH3 is 1. The van der Waals surface area contributed by atoms with Crippen molar-refractivity contribution >= 4 is 24.7 Å². The minimum absolute atomic E-state index is 0.152. The van der Waals surface area contributed by atoms with Gasteiger partial charge in [0.25, 0.3) is 5.56 Å². The number of aliphatic hydroxyl groups excluding tert-OH is 2. The molecule has 3 aromatic heterocycles. The zero-order valence-corrected chi connectivity index (χ0v) is 25.9. The Morgan fingerprint density at radius 1 is 1.22 bits per heavy atom. The molecule has 0 spiro atoms. The molecule has 45 heavy (non-hydrogen) atoms. The molecule has 248 valence electrons. The highest BCUT2D eigenvalue weighted by molar-refractivity contribution is 7.51. The van der Waals surface area contributed by atoms with Crippen LogP contribution < -0.4 is 22.1 Å². The number of aromatic amines is 1. The van der Waals surface area contributed by atoms with E-state index in [4.69, 9.17) is 29.0 Å². The Labute approximate surface area is 256 Å². The van der Waals surface area contributed by atoms with Gasteiger partial charge < -0.3 is 35.1 Å².